The van der Waals surface area contributed by atoms with E-state index in [0.29, 0.717) is 11.6 Å². The average Bonchev–Trinajstić information content (AvgIpc) is 2.04. The summed E-state index contributed by atoms with van der Waals surface area (Å²) in [4.78, 5) is 17.8. The van der Waals surface area contributed by atoms with Crippen molar-refractivity contribution in [2.75, 3.05) is 0 Å². The normalized spacial score (nSPS) is 10.2. The molecule has 0 fully saturated rings. The molecule has 1 rings (SSSR count). The van der Waals surface area contributed by atoms with Crippen molar-refractivity contribution >= 4 is 11.6 Å². The van der Waals surface area contributed by atoms with E-state index < -0.39 is 0 Å². The highest BCUT2D eigenvalue weighted by Crippen LogP contribution is 1.98. The highest BCUT2D eigenvalue weighted by molar-refractivity contribution is 6.16. The van der Waals surface area contributed by atoms with Gasteiger partial charge in [-0.1, -0.05) is 6.92 Å². The predicted molar refractivity (Wildman–Crippen MR) is 48.4 cm³/mol. The molecule has 4 heteroatoms. The van der Waals surface area contributed by atoms with E-state index in [-0.39, 0.29) is 5.56 Å². The van der Waals surface area contributed by atoms with Gasteiger partial charge in [0.25, 0.3) is 5.56 Å². The number of nitrogens with one attached hydrogen (secondary N) is 1. The zero-order valence-electron chi connectivity index (χ0n) is 6.93. The molecule has 1 N–H and O–H groups in total. The van der Waals surface area contributed by atoms with Crippen molar-refractivity contribution in [2.45, 2.75) is 25.6 Å². The number of halogens is 1. The Labute approximate surface area is 75.8 Å². The van der Waals surface area contributed by atoms with Gasteiger partial charge in [-0.25, -0.2) is 4.98 Å². The van der Waals surface area contributed by atoms with E-state index in [1.54, 1.807) is 0 Å². The van der Waals surface area contributed by atoms with Gasteiger partial charge in [0.15, 0.2) is 0 Å². The molecule has 0 atom stereocenters. The van der Waals surface area contributed by atoms with Gasteiger partial charge >= 0.3 is 0 Å². The first-order chi connectivity index (χ1) is 5.76. The summed E-state index contributed by atoms with van der Waals surface area (Å²) in [5.41, 5.74) is 0.521. The maximum absolute atomic E-state index is 11.0. The van der Waals surface area contributed by atoms with Crippen LogP contribution in [-0.2, 0) is 12.3 Å². The Bertz CT molecular complexity index is 308. The van der Waals surface area contributed by atoms with Gasteiger partial charge in [-0.15, -0.1) is 11.6 Å². The largest absolute Gasteiger partial charge is 0.311 e. The van der Waals surface area contributed by atoms with Crippen molar-refractivity contribution in [1.29, 1.82) is 0 Å². The van der Waals surface area contributed by atoms with Gasteiger partial charge in [-0.2, -0.15) is 0 Å². The summed E-state index contributed by atoms with van der Waals surface area (Å²) in [7, 11) is 0. The summed E-state index contributed by atoms with van der Waals surface area (Å²) in [5.74, 6) is 1.02. The fourth-order valence-electron chi connectivity index (χ4n) is 0.987. The van der Waals surface area contributed by atoms with Crippen molar-refractivity contribution < 1.29 is 0 Å². The van der Waals surface area contributed by atoms with Crippen LogP contribution >= 0.6 is 11.6 Å². The van der Waals surface area contributed by atoms with Gasteiger partial charge in [0.05, 0.1) is 11.6 Å². The monoisotopic (exact) mass is 186 g/mol. The topological polar surface area (TPSA) is 45.8 Å². The van der Waals surface area contributed by atoms with Gasteiger partial charge in [0.2, 0.25) is 0 Å². The van der Waals surface area contributed by atoms with Crippen LogP contribution in [0.5, 0.6) is 0 Å². The van der Waals surface area contributed by atoms with E-state index >= 15 is 0 Å². The number of aryl methyl sites for hydroxylation is 1. The van der Waals surface area contributed by atoms with Crippen LogP contribution in [-0.4, -0.2) is 9.97 Å². The quantitative estimate of drug-likeness (QED) is 0.727. The molecule has 0 aliphatic carbocycles. The van der Waals surface area contributed by atoms with Crippen molar-refractivity contribution in [3.8, 4) is 0 Å². The highest BCUT2D eigenvalue weighted by Gasteiger charge is 1.98. The molecule has 0 unspecified atom stereocenters. The third kappa shape index (κ3) is 2.34. The molecule has 0 aliphatic rings. The van der Waals surface area contributed by atoms with E-state index in [1.165, 1.54) is 6.07 Å². The van der Waals surface area contributed by atoms with Crippen molar-refractivity contribution in [2.24, 2.45) is 0 Å². The van der Waals surface area contributed by atoms with Crippen LogP contribution in [0.3, 0.4) is 0 Å². The van der Waals surface area contributed by atoms with Crippen LogP contribution in [0.1, 0.15) is 24.9 Å². The zero-order chi connectivity index (χ0) is 8.97. The minimum Gasteiger partial charge on any atom is -0.311 e. The number of hydrogen-bond donors (Lipinski definition) is 1. The smallest absolute Gasteiger partial charge is 0.251 e. The van der Waals surface area contributed by atoms with Crippen LogP contribution in [0.4, 0.5) is 0 Å². The molecule has 0 bridgehead atoms. The third-order valence-corrected chi connectivity index (χ3v) is 1.74. The van der Waals surface area contributed by atoms with Crippen molar-refractivity contribution in [3.05, 3.63) is 27.9 Å². The molecular weight excluding hydrogens is 176 g/mol. The lowest BCUT2D eigenvalue weighted by atomic mass is 10.3. The Balaban J connectivity index is 2.98. The summed E-state index contributed by atoms with van der Waals surface area (Å²) in [5, 5.41) is 0. The van der Waals surface area contributed by atoms with E-state index in [9.17, 15) is 4.79 Å². The fourth-order valence-corrected chi connectivity index (χ4v) is 1.12. The Morgan fingerprint density at radius 2 is 2.42 bits per heavy atom. The van der Waals surface area contributed by atoms with E-state index in [1.807, 2.05) is 6.92 Å². The zero-order valence-corrected chi connectivity index (χ0v) is 7.69. The SMILES string of the molecule is CCCc1nc(CCl)cc(=O)[nH]1. The van der Waals surface area contributed by atoms with Crippen LogP contribution in [0.15, 0.2) is 10.9 Å². The second-order valence-electron chi connectivity index (χ2n) is 2.57. The fraction of sp³-hybridized carbons (Fsp3) is 0.500. The number of hydrogen-bond acceptors (Lipinski definition) is 2. The second kappa shape index (κ2) is 4.26. The first-order valence-electron chi connectivity index (χ1n) is 3.91. The summed E-state index contributed by atoms with van der Waals surface area (Å²) in [6.07, 6.45) is 1.76. The molecule has 0 saturated heterocycles. The summed E-state index contributed by atoms with van der Waals surface area (Å²) < 4.78 is 0. The molecule has 0 radical (unpaired) electrons. The standard InChI is InChI=1S/C8H11ClN2O/c1-2-3-7-10-6(5-9)4-8(12)11-7/h4H,2-3,5H2,1H3,(H,10,11,12). The molecular formula is C8H11ClN2O. The predicted octanol–water partition coefficient (Wildman–Crippen LogP) is 1.46. The maximum Gasteiger partial charge on any atom is 0.251 e. The molecule has 1 aromatic heterocycles. The van der Waals surface area contributed by atoms with E-state index in [2.05, 4.69) is 9.97 Å². The van der Waals surface area contributed by atoms with Crippen LogP contribution < -0.4 is 5.56 Å². The van der Waals surface area contributed by atoms with Gasteiger partial charge < -0.3 is 4.98 Å². The minimum atomic E-state index is -0.121. The lowest BCUT2D eigenvalue weighted by Crippen LogP contribution is -2.11. The summed E-state index contributed by atoms with van der Waals surface area (Å²) in [6.45, 7) is 2.04. The number of aromatic amines is 1. The van der Waals surface area contributed by atoms with Crippen LogP contribution in [0, 0.1) is 0 Å². The number of nitrogens with zero attached hydrogens (tertiary/aromatic N) is 1. The molecule has 0 aromatic carbocycles. The molecule has 12 heavy (non-hydrogen) atoms. The Morgan fingerprint density at radius 3 is 3.00 bits per heavy atom. The van der Waals surface area contributed by atoms with Crippen LogP contribution in [0.25, 0.3) is 0 Å². The van der Waals surface area contributed by atoms with Crippen LogP contribution in [0.2, 0.25) is 0 Å². The molecule has 0 saturated carbocycles. The summed E-state index contributed by atoms with van der Waals surface area (Å²) >= 11 is 5.56. The number of aromatic nitrogens is 2. The molecule has 66 valence electrons. The van der Waals surface area contributed by atoms with E-state index in [4.69, 9.17) is 11.6 Å². The van der Waals surface area contributed by atoms with Crippen molar-refractivity contribution in [1.82, 2.24) is 9.97 Å². The molecule has 1 heterocycles. The molecule has 0 aliphatic heterocycles. The van der Waals surface area contributed by atoms with Gasteiger partial charge in [0, 0.05) is 12.5 Å². The number of H-pyrrole nitrogens is 1. The first kappa shape index (κ1) is 9.26. The molecule has 0 spiro atoms. The van der Waals surface area contributed by atoms with Gasteiger partial charge in [-0.05, 0) is 6.42 Å². The Kier molecular flexibility index (Phi) is 3.29. The number of rotatable bonds is 3. The second-order valence-corrected chi connectivity index (χ2v) is 2.83. The summed E-state index contributed by atoms with van der Waals surface area (Å²) in [6, 6.07) is 1.42. The van der Waals surface area contributed by atoms with Gasteiger partial charge in [-0.3, -0.25) is 4.79 Å². The maximum atomic E-state index is 11.0. The third-order valence-electron chi connectivity index (χ3n) is 1.47. The average molecular weight is 187 g/mol. The molecule has 3 nitrogen and oxygen atoms in total. The number of alkyl halides is 1. The Morgan fingerprint density at radius 1 is 1.67 bits per heavy atom. The Hall–Kier alpha value is -0.830. The lowest BCUT2D eigenvalue weighted by molar-refractivity contribution is 0.813. The van der Waals surface area contributed by atoms with Crippen molar-refractivity contribution in [3.63, 3.8) is 0 Å². The van der Waals surface area contributed by atoms with Gasteiger partial charge in [0.1, 0.15) is 5.82 Å². The van der Waals surface area contributed by atoms with E-state index in [0.717, 1.165) is 18.7 Å². The highest BCUT2D eigenvalue weighted by atomic mass is 35.5. The molecule has 1 aromatic rings. The first-order valence-corrected chi connectivity index (χ1v) is 4.44. The molecule has 0 amide bonds. The lowest BCUT2D eigenvalue weighted by Gasteiger charge is -1.99. The minimum absolute atomic E-state index is 0.121.